The van der Waals surface area contributed by atoms with Crippen LogP contribution in [-0.2, 0) is 9.53 Å². The molecule has 0 aliphatic carbocycles. The molecule has 8 heteroatoms. The van der Waals surface area contributed by atoms with Gasteiger partial charge in [0.15, 0.2) is 6.10 Å². The Labute approximate surface area is 183 Å². The summed E-state index contributed by atoms with van der Waals surface area (Å²) >= 11 is 7.24. The van der Waals surface area contributed by atoms with Gasteiger partial charge in [0.2, 0.25) is 0 Å². The number of rotatable bonds is 7. The molecule has 30 heavy (non-hydrogen) atoms. The van der Waals surface area contributed by atoms with Crippen molar-refractivity contribution in [1.82, 2.24) is 4.98 Å². The Hall–Kier alpha value is -2.90. The van der Waals surface area contributed by atoms with Gasteiger partial charge in [-0.25, -0.2) is 9.78 Å². The second-order valence-electron chi connectivity index (χ2n) is 6.41. The maximum absolute atomic E-state index is 12.6. The minimum Gasteiger partial charge on any atom is -0.492 e. The third-order valence-corrected chi connectivity index (χ3v) is 5.57. The van der Waals surface area contributed by atoms with E-state index in [9.17, 15) is 9.59 Å². The van der Waals surface area contributed by atoms with E-state index in [4.69, 9.17) is 21.1 Å². The molecule has 0 bridgehead atoms. The van der Waals surface area contributed by atoms with Gasteiger partial charge in [-0.3, -0.25) is 4.79 Å². The predicted octanol–water partition coefficient (Wildman–Crippen LogP) is 5.35. The maximum atomic E-state index is 12.6. The molecule has 3 aromatic rings. The van der Waals surface area contributed by atoms with Gasteiger partial charge in [0.25, 0.3) is 5.91 Å². The highest BCUT2D eigenvalue weighted by Gasteiger charge is 2.24. The van der Waals surface area contributed by atoms with Crippen LogP contribution in [0.15, 0.2) is 48.5 Å². The smallest absolute Gasteiger partial charge is 0.351 e. The molecule has 0 radical (unpaired) electrons. The molecule has 6 nitrogen and oxygen atoms in total. The van der Waals surface area contributed by atoms with E-state index in [1.807, 2.05) is 25.1 Å². The highest BCUT2D eigenvalue weighted by atomic mass is 35.5. The number of anilines is 1. The van der Waals surface area contributed by atoms with E-state index >= 15 is 0 Å². The van der Waals surface area contributed by atoms with Gasteiger partial charge in [0, 0.05) is 10.6 Å². The van der Waals surface area contributed by atoms with Crippen LogP contribution in [0.4, 0.5) is 5.69 Å². The number of para-hydroxylation sites is 2. The number of hydrogen-bond acceptors (Lipinski definition) is 6. The summed E-state index contributed by atoms with van der Waals surface area (Å²) < 4.78 is 10.9. The van der Waals surface area contributed by atoms with Crippen LogP contribution in [0, 0.1) is 6.92 Å². The lowest BCUT2D eigenvalue weighted by atomic mass is 10.2. The summed E-state index contributed by atoms with van der Waals surface area (Å²) in [6.07, 6.45) is -0.997. The first-order valence-corrected chi connectivity index (χ1v) is 10.6. The average Bonchev–Trinajstić information content (AvgIpc) is 3.11. The fraction of sp³-hybridized carbons (Fsp3) is 0.227. The molecule has 1 aromatic heterocycles. The zero-order chi connectivity index (χ0) is 21.7. The zero-order valence-electron chi connectivity index (χ0n) is 16.8. The summed E-state index contributed by atoms with van der Waals surface area (Å²) in [4.78, 5) is 29.9. The summed E-state index contributed by atoms with van der Waals surface area (Å²) in [7, 11) is 0. The molecular weight excluding hydrogens is 424 g/mol. The van der Waals surface area contributed by atoms with Crippen LogP contribution in [0.1, 0.15) is 29.2 Å². The number of esters is 1. The second kappa shape index (κ2) is 9.73. The molecule has 156 valence electrons. The average molecular weight is 445 g/mol. The van der Waals surface area contributed by atoms with Gasteiger partial charge < -0.3 is 14.8 Å². The van der Waals surface area contributed by atoms with E-state index in [-0.39, 0.29) is 0 Å². The Morgan fingerprint density at radius 1 is 1.20 bits per heavy atom. The number of hydrogen-bond donors (Lipinski definition) is 1. The standard InChI is InChI=1S/C22H21ClN2O4S/c1-4-28-18-11-6-5-10-17(18)25-20(26)14(3)29-22(27)19-13(2)24-21(30-19)15-8-7-9-16(23)12-15/h5-12,14H,4H2,1-3H3,(H,25,26). The Morgan fingerprint density at radius 2 is 1.97 bits per heavy atom. The van der Waals surface area contributed by atoms with E-state index in [1.165, 1.54) is 18.3 Å². The number of thiazole rings is 1. The first-order chi connectivity index (χ1) is 14.4. The van der Waals surface area contributed by atoms with Crippen molar-refractivity contribution in [1.29, 1.82) is 0 Å². The molecule has 1 N–H and O–H groups in total. The molecule has 0 saturated heterocycles. The minimum atomic E-state index is -0.997. The number of nitrogens with zero attached hydrogens (tertiary/aromatic N) is 1. The van der Waals surface area contributed by atoms with Crippen LogP contribution in [0.3, 0.4) is 0 Å². The number of nitrogens with one attached hydrogen (secondary N) is 1. The second-order valence-corrected chi connectivity index (χ2v) is 7.85. The van der Waals surface area contributed by atoms with Gasteiger partial charge in [0.05, 0.1) is 18.0 Å². The van der Waals surface area contributed by atoms with E-state index in [1.54, 1.807) is 37.3 Å². The van der Waals surface area contributed by atoms with Crippen LogP contribution in [0.25, 0.3) is 10.6 Å². The highest BCUT2D eigenvalue weighted by Crippen LogP contribution is 2.30. The molecule has 0 saturated carbocycles. The lowest BCUT2D eigenvalue weighted by Gasteiger charge is -2.15. The van der Waals surface area contributed by atoms with Crippen LogP contribution < -0.4 is 10.1 Å². The number of aromatic nitrogens is 1. The van der Waals surface area contributed by atoms with Gasteiger partial charge in [0.1, 0.15) is 15.6 Å². The topological polar surface area (TPSA) is 77.5 Å². The van der Waals surface area contributed by atoms with Gasteiger partial charge >= 0.3 is 5.97 Å². The normalized spacial score (nSPS) is 11.6. The van der Waals surface area contributed by atoms with Crippen LogP contribution >= 0.6 is 22.9 Å². The fourth-order valence-corrected chi connectivity index (χ4v) is 3.82. The molecule has 3 rings (SSSR count). The number of carbonyl (C=O) groups is 2. The number of halogens is 1. The van der Waals surface area contributed by atoms with E-state index < -0.39 is 18.0 Å². The molecular formula is C22H21ClN2O4S. The molecule has 2 aromatic carbocycles. The van der Waals surface area contributed by atoms with E-state index in [2.05, 4.69) is 10.3 Å². The summed E-state index contributed by atoms with van der Waals surface area (Å²) in [6.45, 7) is 5.57. The van der Waals surface area contributed by atoms with Crippen LogP contribution in [0.5, 0.6) is 5.75 Å². The van der Waals surface area contributed by atoms with Crippen molar-refractivity contribution in [3.8, 4) is 16.3 Å². The molecule has 1 atom stereocenters. The largest absolute Gasteiger partial charge is 0.492 e. The fourth-order valence-electron chi connectivity index (χ4n) is 2.68. The quantitative estimate of drug-likeness (QED) is 0.496. The van der Waals surface area contributed by atoms with Crippen molar-refractivity contribution in [2.45, 2.75) is 26.9 Å². The third-order valence-electron chi connectivity index (χ3n) is 4.15. The molecule has 1 unspecified atom stereocenters. The Morgan fingerprint density at radius 3 is 2.70 bits per heavy atom. The highest BCUT2D eigenvalue weighted by molar-refractivity contribution is 7.17. The summed E-state index contributed by atoms with van der Waals surface area (Å²) in [6, 6.07) is 14.3. The Balaban J connectivity index is 1.69. The summed E-state index contributed by atoms with van der Waals surface area (Å²) in [5.41, 5.74) is 1.87. The van der Waals surface area contributed by atoms with Gasteiger partial charge in [-0.1, -0.05) is 35.9 Å². The van der Waals surface area contributed by atoms with E-state index in [0.29, 0.717) is 38.6 Å². The van der Waals surface area contributed by atoms with Gasteiger partial charge in [-0.05, 0) is 45.0 Å². The number of aryl methyl sites for hydroxylation is 1. The van der Waals surface area contributed by atoms with Crippen LogP contribution in [-0.4, -0.2) is 29.6 Å². The monoisotopic (exact) mass is 444 g/mol. The van der Waals surface area contributed by atoms with Crippen molar-refractivity contribution in [2.75, 3.05) is 11.9 Å². The van der Waals surface area contributed by atoms with Crippen molar-refractivity contribution < 1.29 is 19.1 Å². The Bertz CT molecular complexity index is 1070. The number of benzene rings is 2. The first kappa shape index (κ1) is 21.8. The zero-order valence-corrected chi connectivity index (χ0v) is 18.3. The molecule has 0 aliphatic rings. The minimum absolute atomic E-state index is 0.347. The summed E-state index contributed by atoms with van der Waals surface area (Å²) in [5, 5.41) is 3.98. The number of ether oxygens (including phenoxy) is 2. The Kier molecular flexibility index (Phi) is 7.07. The molecule has 1 amide bonds. The van der Waals surface area contributed by atoms with Gasteiger partial charge in [-0.15, -0.1) is 11.3 Å². The lowest BCUT2D eigenvalue weighted by molar-refractivity contribution is -0.123. The molecule has 0 fully saturated rings. The predicted molar refractivity (Wildman–Crippen MR) is 118 cm³/mol. The molecule has 0 aliphatic heterocycles. The van der Waals surface area contributed by atoms with Crippen molar-refractivity contribution in [2.24, 2.45) is 0 Å². The number of amides is 1. The third kappa shape index (κ3) is 5.17. The molecule has 0 spiro atoms. The van der Waals surface area contributed by atoms with Crippen LogP contribution in [0.2, 0.25) is 5.02 Å². The molecule has 1 heterocycles. The maximum Gasteiger partial charge on any atom is 0.351 e. The van der Waals surface area contributed by atoms with Crippen molar-refractivity contribution in [3.63, 3.8) is 0 Å². The van der Waals surface area contributed by atoms with Crippen molar-refractivity contribution >= 4 is 40.5 Å². The SMILES string of the molecule is CCOc1ccccc1NC(=O)C(C)OC(=O)c1sc(-c2cccc(Cl)c2)nc1C. The van der Waals surface area contributed by atoms with Gasteiger partial charge in [-0.2, -0.15) is 0 Å². The summed E-state index contributed by atoms with van der Waals surface area (Å²) in [5.74, 6) is -0.497. The number of carbonyl (C=O) groups excluding carboxylic acids is 2. The van der Waals surface area contributed by atoms with Crippen molar-refractivity contribution in [3.05, 3.63) is 64.1 Å². The van der Waals surface area contributed by atoms with E-state index in [0.717, 1.165) is 5.56 Å². The first-order valence-electron chi connectivity index (χ1n) is 9.36. The lowest BCUT2D eigenvalue weighted by Crippen LogP contribution is -2.30.